The van der Waals surface area contributed by atoms with E-state index < -0.39 is 10.0 Å². The lowest BCUT2D eigenvalue weighted by Crippen LogP contribution is -2.38. The minimum atomic E-state index is -3.63. The van der Waals surface area contributed by atoms with E-state index >= 15 is 0 Å². The Balaban J connectivity index is 2.69. The van der Waals surface area contributed by atoms with Crippen molar-refractivity contribution in [1.82, 2.24) is 9.62 Å². The molecule has 0 saturated carbocycles. The SMILES string of the molecule is CC(CNS(=O)(=O)c1ccc(CO)o1)N(C)C. The summed E-state index contributed by atoms with van der Waals surface area (Å²) in [6.07, 6.45) is 0. The van der Waals surface area contributed by atoms with Gasteiger partial charge in [-0.3, -0.25) is 0 Å². The van der Waals surface area contributed by atoms with Crippen LogP contribution in [0.25, 0.3) is 0 Å². The highest BCUT2D eigenvalue weighted by atomic mass is 32.2. The molecule has 2 N–H and O–H groups in total. The molecule has 98 valence electrons. The van der Waals surface area contributed by atoms with E-state index in [9.17, 15) is 8.42 Å². The molecule has 0 spiro atoms. The number of hydrogen-bond acceptors (Lipinski definition) is 5. The van der Waals surface area contributed by atoms with Gasteiger partial charge >= 0.3 is 0 Å². The van der Waals surface area contributed by atoms with Gasteiger partial charge in [0.2, 0.25) is 5.09 Å². The molecule has 1 heterocycles. The third-order valence-corrected chi connectivity index (χ3v) is 3.80. The molecule has 0 amide bonds. The van der Waals surface area contributed by atoms with Crippen LogP contribution in [0.3, 0.4) is 0 Å². The smallest absolute Gasteiger partial charge is 0.274 e. The first-order chi connectivity index (χ1) is 7.86. The first-order valence-corrected chi connectivity index (χ1v) is 6.71. The van der Waals surface area contributed by atoms with Gasteiger partial charge in [-0.15, -0.1) is 0 Å². The van der Waals surface area contributed by atoms with Crippen LogP contribution in [0, 0.1) is 0 Å². The van der Waals surface area contributed by atoms with Gasteiger partial charge in [0, 0.05) is 12.6 Å². The number of hydrogen-bond donors (Lipinski definition) is 2. The lowest BCUT2D eigenvalue weighted by atomic mass is 10.3. The second-order valence-electron chi connectivity index (χ2n) is 4.04. The first-order valence-electron chi connectivity index (χ1n) is 5.22. The van der Waals surface area contributed by atoms with E-state index in [-0.39, 0.29) is 23.5 Å². The Kier molecular flexibility index (Phi) is 4.70. The molecule has 0 saturated heterocycles. The van der Waals surface area contributed by atoms with Crippen molar-refractivity contribution >= 4 is 10.0 Å². The molecule has 7 heteroatoms. The van der Waals surface area contributed by atoms with Gasteiger partial charge in [0.1, 0.15) is 12.4 Å². The molecule has 0 aromatic carbocycles. The number of likely N-dealkylation sites (N-methyl/N-ethyl adjacent to an activating group) is 1. The summed E-state index contributed by atoms with van der Waals surface area (Å²) in [6.45, 7) is 1.89. The van der Waals surface area contributed by atoms with Crippen molar-refractivity contribution < 1.29 is 17.9 Å². The van der Waals surface area contributed by atoms with Gasteiger partial charge in [0.25, 0.3) is 10.0 Å². The van der Waals surface area contributed by atoms with Crippen LogP contribution in [0.1, 0.15) is 12.7 Å². The molecule has 0 bridgehead atoms. The molecular formula is C10H18N2O4S. The molecule has 0 aliphatic heterocycles. The molecule has 1 aromatic rings. The van der Waals surface area contributed by atoms with Crippen molar-refractivity contribution in [2.45, 2.75) is 24.7 Å². The molecule has 0 radical (unpaired) electrons. The van der Waals surface area contributed by atoms with Gasteiger partial charge < -0.3 is 14.4 Å². The summed E-state index contributed by atoms with van der Waals surface area (Å²) in [4.78, 5) is 1.91. The average Bonchev–Trinajstić information content (AvgIpc) is 2.75. The Morgan fingerprint density at radius 2 is 2.12 bits per heavy atom. The van der Waals surface area contributed by atoms with Crippen molar-refractivity contribution in [3.63, 3.8) is 0 Å². The summed E-state index contributed by atoms with van der Waals surface area (Å²) in [5.74, 6) is 0.228. The van der Waals surface area contributed by atoms with Crippen LogP contribution >= 0.6 is 0 Å². The zero-order chi connectivity index (χ0) is 13.1. The topological polar surface area (TPSA) is 82.8 Å². The molecule has 0 aliphatic rings. The number of aliphatic hydroxyl groups excluding tert-OH is 1. The Hall–Kier alpha value is -0.890. The Bertz CT molecular complexity index is 453. The summed E-state index contributed by atoms with van der Waals surface area (Å²) < 4.78 is 31.0. The molecule has 0 fully saturated rings. The van der Waals surface area contributed by atoms with E-state index in [0.29, 0.717) is 6.54 Å². The molecule has 1 atom stereocenters. The lowest BCUT2D eigenvalue weighted by Gasteiger charge is -2.19. The largest absolute Gasteiger partial charge is 0.446 e. The van der Waals surface area contributed by atoms with E-state index in [1.54, 1.807) is 0 Å². The van der Waals surface area contributed by atoms with E-state index in [1.165, 1.54) is 12.1 Å². The predicted octanol–water partition coefficient (Wildman–Crippen LogP) is 0.000300. The second kappa shape index (κ2) is 5.63. The number of aliphatic hydroxyl groups is 1. The van der Waals surface area contributed by atoms with Gasteiger partial charge in [-0.25, -0.2) is 13.1 Å². The Labute approximate surface area is 101 Å². The van der Waals surface area contributed by atoms with E-state index in [0.717, 1.165) is 0 Å². The van der Waals surface area contributed by atoms with Crippen LogP contribution in [-0.2, 0) is 16.6 Å². The van der Waals surface area contributed by atoms with Gasteiger partial charge in [0.05, 0.1) is 0 Å². The normalized spacial score (nSPS) is 14.2. The van der Waals surface area contributed by atoms with Gasteiger partial charge in [-0.05, 0) is 33.2 Å². The van der Waals surface area contributed by atoms with Crippen LogP contribution in [0.5, 0.6) is 0 Å². The fraction of sp³-hybridized carbons (Fsp3) is 0.600. The van der Waals surface area contributed by atoms with E-state index in [2.05, 4.69) is 4.72 Å². The third-order valence-electron chi connectivity index (χ3n) is 2.51. The van der Waals surface area contributed by atoms with Crippen molar-refractivity contribution in [3.05, 3.63) is 17.9 Å². The van der Waals surface area contributed by atoms with E-state index in [4.69, 9.17) is 9.52 Å². The molecule has 1 unspecified atom stereocenters. The fourth-order valence-corrected chi connectivity index (χ4v) is 2.14. The minimum absolute atomic E-state index is 0.0806. The van der Waals surface area contributed by atoms with Gasteiger partial charge in [0.15, 0.2) is 0 Å². The number of nitrogens with zero attached hydrogens (tertiary/aromatic N) is 1. The van der Waals surface area contributed by atoms with Crippen LogP contribution in [-0.4, -0.2) is 45.1 Å². The van der Waals surface area contributed by atoms with Gasteiger partial charge in [-0.1, -0.05) is 0 Å². The molecule has 1 rings (SSSR count). The molecule has 1 aromatic heterocycles. The molecular weight excluding hydrogens is 244 g/mol. The zero-order valence-corrected chi connectivity index (χ0v) is 11.0. The van der Waals surface area contributed by atoms with Crippen LogP contribution in [0.2, 0.25) is 0 Å². The van der Waals surface area contributed by atoms with Crippen molar-refractivity contribution in [3.8, 4) is 0 Å². The Morgan fingerprint density at radius 3 is 2.59 bits per heavy atom. The maximum Gasteiger partial charge on any atom is 0.274 e. The number of nitrogens with one attached hydrogen (secondary N) is 1. The van der Waals surface area contributed by atoms with Gasteiger partial charge in [-0.2, -0.15) is 0 Å². The summed E-state index contributed by atoms with van der Waals surface area (Å²) >= 11 is 0. The number of rotatable bonds is 6. The van der Waals surface area contributed by atoms with Crippen molar-refractivity contribution in [2.75, 3.05) is 20.6 Å². The number of sulfonamides is 1. The number of furan rings is 1. The summed E-state index contributed by atoms with van der Waals surface area (Å²) in [7, 11) is 0.109. The lowest BCUT2D eigenvalue weighted by molar-refractivity contribution is 0.236. The zero-order valence-electron chi connectivity index (χ0n) is 10.2. The summed E-state index contributed by atoms with van der Waals surface area (Å²) in [5, 5.41) is 8.62. The third kappa shape index (κ3) is 3.81. The fourth-order valence-electron chi connectivity index (χ4n) is 1.07. The predicted molar refractivity (Wildman–Crippen MR) is 63.0 cm³/mol. The first kappa shape index (κ1) is 14.2. The standard InChI is InChI=1S/C10H18N2O4S/c1-8(12(2)3)6-11-17(14,15)10-5-4-9(7-13)16-10/h4-5,8,11,13H,6-7H2,1-3H3. The maximum absolute atomic E-state index is 11.8. The molecule has 0 aliphatic carbocycles. The van der Waals surface area contributed by atoms with Crippen molar-refractivity contribution in [1.29, 1.82) is 0 Å². The highest BCUT2D eigenvalue weighted by Crippen LogP contribution is 2.13. The monoisotopic (exact) mass is 262 g/mol. The van der Waals surface area contributed by atoms with Crippen LogP contribution < -0.4 is 4.72 Å². The second-order valence-corrected chi connectivity index (χ2v) is 5.74. The van der Waals surface area contributed by atoms with Crippen molar-refractivity contribution in [2.24, 2.45) is 0 Å². The van der Waals surface area contributed by atoms with E-state index in [1.807, 2.05) is 25.9 Å². The highest BCUT2D eigenvalue weighted by molar-refractivity contribution is 7.89. The maximum atomic E-state index is 11.8. The summed E-state index contributed by atoms with van der Waals surface area (Å²) in [6, 6.07) is 2.84. The van der Waals surface area contributed by atoms with Crippen LogP contribution in [0.4, 0.5) is 0 Å². The molecule has 6 nitrogen and oxygen atoms in total. The quantitative estimate of drug-likeness (QED) is 0.754. The average molecular weight is 262 g/mol. The minimum Gasteiger partial charge on any atom is -0.446 e. The van der Waals surface area contributed by atoms with Crippen LogP contribution in [0.15, 0.2) is 21.6 Å². The Morgan fingerprint density at radius 1 is 1.47 bits per heavy atom. The molecule has 17 heavy (non-hydrogen) atoms. The summed E-state index contributed by atoms with van der Waals surface area (Å²) in [5.41, 5.74) is 0. The highest BCUT2D eigenvalue weighted by Gasteiger charge is 2.19.